The monoisotopic (exact) mass is 312 g/mol. The van der Waals surface area contributed by atoms with Gasteiger partial charge in [0.1, 0.15) is 5.82 Å². The number of nitrogens with one attached hydrogen (secondary N) is 1. The van der Waals surface area contributed by atoms with Gasteiger partial charge in [0.2, 0.25) is 0 Å². The first-order chi connectivity index (χ1) is 8.66. The topological polar surface area (TPSA) is 32.3 Å². The quantitative estimate of drug-likeness (QED) is 0.860. The minimum absolute atomic E-state index is 0.164. The van der Waals surface area contributed by atoms with Gasteiger partial charge in [0, 0.05) is 30.1 Å². The van der Waals surface area contributed by atoms with Crippen LogP contribution >= 0.6 is 15.9 Å². The van der Waals surface area contributed by atoms with Crippen molar-refractivity contribution >= 4 is 21.8 Å². The van der Waals surface area contributed by atoms with Gasteiger partial charge < -0.3 is 10.2 Å². The Balaban J connectivity index is 1.88. The zero-order valence-electron chi connectivity index (χ0n) is 9.83. The van der Waals surface area contributed by atoms with Gasteiger partial charge in [0.25, 0.3) is 5.91 Å². The molecule has 1 N–H and O–H groups in total. The van der Waals surface area contributed by atoms with E-state index in [0.717, 1.165) is 30.5 Å². The maximum atomic E-state index is 13.7. The molecule has 2 heterocycles. The van der Waals surface area contributed by atoms with Crippen molar-refractivity contribution in [3.05, 3.63) is 34.1 Å². The molecule has 96 valence electrons. The summed E-state index contributed by atoms with van der Waals surface area (Å²) in [7, 11) is 0. The van der Waals surface area contributed by atoms with Crippen molar-refractivity contribution in [3.8, 4) is 0 Å². The summed E-state index contributed by atoms with van der Waals surface area (Å²) >= 11 is 3.28. The van der Waals surface area contributed by atoms with Crippen LogP contribution in [0, 0.1) is 11.7 Å². The second-order valence-electron chi connectivity index (χ2n) is 4.90. The van der Waals surface area contributed by atoms with Gasteiger partial charge in [-0.1, -0.05) is 15.9 Å². The fourth-order valence-electron chi connectivity index (χ4n) is 2.92. The zero-order valence-corrected chi connectivity index (χ0v) is 11.4. The number of rotatable bonds is 1. The third-order valence-corrected chi connectivity index (χ3v) is 4.36. The number of hydrogen-bond donors (Lipinski definition) is 1. The van der Waals surface area contributed by atoms with Crippen molar-refractivity contribution in [2.75, 3.05) is 19.6 Å². The number of benzene rings is 1. The lowest BCUT2D eigenvalue weighted by atomic mass is 10.0. The molecule has 3 nitrogen and oxygen atoms in total. The van der Waals surface area contributed by atoms with Crippen LogP contribution in [-0.4, -0.2) is 36.5 Å². The second-order valence-corrected chi connectivity index (χ2v) is 5.81. The number of hydrogen-bond acceptors (Lipinski definition) is 2. The summed E-state index contributed by atoms with van der Waals surface area (Å²) in [5.74, 6) is -0.105. The molecular weight excluding hydrogens is 299 g/mol. The van der Waals surface area contributed by atoms with E-state index in [2.05, 4.69) is 21.2 Å². The van der Waals surface area contributed by atoms with Crippen molar-refractivity contribution in [3.63, 3.8) is 0 Å². The summed E-state index contributed by atoms with van der Waals surface area (Å²) in [6.45, 7) is 2.53. The Bertz CT molecular complexity index is 494. The molecule has 0 saturated carbocycles. The molecule has 0 spiro atoms. The van der Waals surface area contributed by atoms with Gasteiger partial charge >= 0.3 is 0 Å². The lowest BCUT2D eigenvalue weighted by Crippen LogP contribution is -2.39. The number of likely N-dealkylation sites (tertiary alicyclic amines) is 1. The summed E-state index contributed by atoms with van der Waals surface area (Å²) in [6, 6.07) is 4.73. The highest BCUT2D eigenvalue weighted by molar-refractivity contribution is 9.10. The molecule has 0 bridgehead atoms. The fourth-order valence-corrected chi connectivity index (χ4v) is 3.28. The van der Waals surface area contributed by atoms with Gasteiger partial charge in [0.05, 0.1) is 5.56 Å². The predicted molar refractivity (Wildman–Crippen MR) is 69.9 cm³/mol. The van der Waals surface area contributed by atoms with Crippen LogP contribution in [0.2, 0.25) is 0 Å². The van der Waals surface area contributed by atoms with Crippen molar-refractivity contribution < 1.29 is 9.18 Å². The van der Waals surface area contributed by atoms with Gasteiger partial charge in [-0.15, -0.1) is 0 Å². The second kappa shape index (κ2) is 4.63. The third kappa shape index (κ3) is 1.95. The molecule has 1 amide bonds. The van der Waals surface area contributed by atoms with Gasteiger partial charge in [-0.25, -0.2) is 4.39 Å². The molecule has 18 heavy (non-hydrogen) atoms. The lowest BCUT2D eigenvalue weighted by molar-refractivity contribution is 0.0732. The van der Waals surface area contributed by atoms with Crippen LogP contribution in [0.4, 0.5) is 4.39 Å². The van der Waals surface area contributed by atoms with Crippen LogP contribution in [0.25, 0.3) is 0 Å². The van der Waals surface area contributed by atoms with E-state index >= 15 is 0 Å². The Labute approximate surface area is 113 Å². The number of carbonyl (C=O) groups is 1. The highest BCUT2D eigenvalue weighted by atomic mass is 79.9. The first-order valence-electron chi connectivity index (χ1n) is 6.13. The Kier molecular flexibility index (Phi) is 3.11. The molecule has 5 heteroatoms. The number of halogens is 2. The minimum Gasteiger partial charge on any atom is -0.334 e. The van der Waals surface area contributed by atoms with Crippen LogP contribution in [0.3, 0.4) is 0 Å². The summed E-state index contributed by atoms with van der Waals surface area (Å²) in [5, 5.41) is 3.29. The number of amides is 1. The summed E-state index contributed by atoms with van der Waals surface area (Å²) in [5.41, 5.74) is 0.164. The molecule has 0 radical (unpaired) electrons. The molecule has 2 aliphatic rings. The van der Waals surface area contributed by atoms with Crippen LogP contribution in [0.15, 0.2) is 22.7 Å². The van der Waals surface area contributed by atoms with E-state index in [9.17, 15) is 9.18 Å². The van der Waals surface area contributed by atoms with Crippen molar-refractivity contribution in [2.24, 2.45) is 5.92 Å². The Hall–Kier alpha value is -0.940. The summed E-state index contributed by atoms with van der Waals surface area (Å²) in [4.78, 5) is 14.2. The van der Waals surface area contributed by atoms with E-state index in [1.807, 2.05) is 4.90 Å². The maximum Gasteiger partial charge on any atom is 0.257 e. The first kappa shape index (κ1) is 12.1. The molecule has 2 fully saturated rings. The van der Waals surface area contributed by atoms with Gasteiger partial charge in [-0.05, 0) is 30.5 Å². The lowest BCUT2D eigenvalue weighted by Gasteiger charge is -2.23. The largest absolute Gasteiger partial charge is 0.334 e. The van der Waals surface area contributed by atoms with Gasteiger partial charge in [-0.3, -0.25) is 4.79 Å². The van der Waals surface area contributed by atoms with E-state index in [0.29, 0.717) is 5.92 Å². The molecule has 0 aliphatic carbocycles. The number of nitrogens with zero attached hydrogens (tertiary/aromatic N) is 1. The highest BCUT2D eigenvalue weighted by Crippen LogP contribution is 2.29. The van der Waals surface area contributed by atoms with E-state index < -0.39 is 5.82 Å². The highest BCUT2D eigenvalue weighted by Gasteiger charge is 2.40. The predicted octanol–water partition coefficient (Wildman–Crippen LogP) is 2.02. The van der Waals surface area contributed by atoms with Crippen LogP contribution in [0.5, 0.6) is 0 Å². The van der Waals surface area contributed by atoms with Gasteiger partial charge in [0.15, 0.2) is 0 Å². The molecule has 0 unspecified atom stereocenters. The maximum absolute atomic E-state index is 13.7. The van der Waals surface area contributed by atoms with Gasteiger partial charge in [-0.2, -0.15) is 0 Å². The number of fused-ring (bicyclic) bond motifs is 1. The zero-order chi connectivity index (χ0) is 12.7. The van der Waals surface area contributed by atoms with Crippen LogP contribution < -0.4 is 5.32 Å². The molecular formula is C13H14BrFN2O. The van der Waals surface area contributed by atoms with Crippen LogP contribution in [-0.2, 0) is 0 Å². The molecule has 2 saturated heterocycles. The standard InChI is InChI=1S/C13H14BrFN2O/c14-9-1-2-11(15)10(5-9)13(18)17-4-3-8-6-16-7-12(8)17/h1-2,5,8,12,16H,3-4,6-7H2/t8-,12+/m1/s1. The molecule has 2 aliphatic heterocycles. The average molecular weight is 313 g/mol. The Morgan fingerprint density at radius 1 is 1.44 bits per heavy atom. The smallest absolute Gasteiger partial charge is 0.257 e. The fraction of sp³-hybridized carbons (Fsp3) is 0.462. The third-order valence-electron chi connectivity index (χ3n) is 3.86. The SMILES string of the molecule is O=C(c1cc(Br)ccc1F)N1CC[C@@H]2CNC[C@@H]21. The molecule has 2 atom stereocenters. The minimum atomic E-state index is -0.447. The summed E-state index contributed by atoms with van der Waals surface area (Å²) in [6.07, 6.45) is 1.01. The van der Waals surface area contributed by atoms with E-state index in [1.54, 1.807) is 12.1 Å². The van der Waals surface area contributed by atoms with E-state index in [1.165, 1.54) is 6.07 Å². The molecule has 0 aromatic heterocycles. The Morgan fingerprint density at radius 3 is 3.11 bits per heavy atom. The molecule has 1 aromatic carbocycles. The van der Waals surface area contributed by atoms with Crippen molar-refractivity contribution in [1.29, 1.82) is 0 Å². The summed E-state index contributed by atoms with van der Waals surface area (Å²) < 4.78 is 14.5. The number of carbonyl (C=O) groups excluding carboxylic acids is 1. The van der Waals surface area contributed by atoms with Crippen LogP contribution in [0.1, 0.15) is 16.8 Å². The molecule has 3 rings (SSSR count). The van der Waals surface area contributed by atoms with E-state index in [-0.39, 0.29) is 17.5 Å². The van der Waals surface area contributed by atoms with Crippen molar-refractivity contribution in [1.82, 2.24) is 10.2 Å². The van der Waals surface area contributed by atoms with Crippen molar-refractivity contribution in [2.45, 2.75) is 12.5 Å². The normalized spacial score (nSPS) is 26.4. The Morgan fingerprint density at radius 2 is 2.28 bits per heavy atom. The van der Waals surface area contributed by atoms with E-state index in [4.69, 9.17) is 0 Å². The molecule has 1 aromatic rings. The average Bonchev–Trinajstić information content (AvgIpc) is 2.93. The first-order valence-corrected chi connectivity index (χ1v) is 6.93.